The summed E-state index contributed by atoms with van der Waals surface area (Å²) in [6.45, 7) is 4.34. The van der Waals surface area contributed by atoms with E-state index < -0.39 is 0 Å². The summed E-state index contributed by atoms with van der Waals surface area (Å²) in [6.07, 6.45) is 3.94. The van der Waals surface area contributed by atoms with Crippen LogP contribution in [0.15, 0.2) is 48.8 Å². The number of hydrogen-bond acceptors (Lipinski definition) is 2. The van der Waals surface area contributed by atoms with Gasteiger partial charge in [-0.25, -0.2) is 4.98 Å². The zero-order chi connectivity index (χ0) is 14.1. The van der Waals surface area contributed by atoms with Crippen molar-refractivity contribution in [3.8, 4) is 17.1 Å². The highest BCUT2D eigenvalue weighted by Gasteiger charge is 2.12. The standard InChI is InChI=1S/C17H18N2O/c1-12(2)15-10-13(7-8-16(15)20-3)17-18-11-14-6-4-5-9-19(14)17/h4-12H,1-3H3. The number of pyridine rings is 1. The number of rotatable bonds is 3. The first-order chi connectivity index (χ1) is 9.70. The lowest BCUT2D eigenvalue weighted by molar-refractivity contribution is 0.407. The molecule has 20 heavy (non-hydrogen) atoms. The summed E-state index contributed by atoms with van der Waals surface area (Å²) in [6, 6.07) is 12.4. The van der Waals surface area contributed by atoms with Crippen molar-refractivity contribution in [1.29, 1.82) is 0 Å². The lowest BCUT2D eigenvalue weighted by Gasteiger charge is -2.13. The van der Waals surface area contributed by atoms with Gasteiger partial charge in [0, 0.05) is 11.8 Å². The zero-order valence-electron chi connectivity index (χ0n) is 12.0. The van der Waals surface area contributed by atoms with Crippen LogP contribution in [0.25, 0.3) is 16.9 Å². The van der Waals surface area contributed by atoms with Gasteiger partial charge in [-0.15, -0.1) is 0 Å². The van der Waals surface area contributed by atoms with Gasteiger partial charge in [-0.3, -0.25) is 4.40 Å². The normalized spacial score (nSPS) is 11.2. The Balaban J connectivity index is 2.17. The Labute approximate surface area is 118 Å². The quantitative estimate of drug-likeness (QED) is 0.712. The molecule has 0 amide bonds. The molecule has 3 heteroatoms. The average molecular weight is 266 g/mol. The second-order valence-electron chi connectivity index (χ2n) is 5.19. The maximum atomic E-state index is 5.44. The Morgan fingerprint density at radius 2 is 2.00 bits per heavy atom. The molecule has 1 aromatic carbocycles. The molecule has 0 unspecified atom stereocenters. The summed E-state index contributed by atoms with van der Waals surface area (Å²) in [7, 11) is 1.71. The monoisotopic (exact) mass is 266 g/mol. The lowest BCUT2D eigenvalue weighted by atomic mass is 9.99. The van der Waals surface area contributed by atoms with E-state index in [1.165, 1.54) is 5.56 Å². The van der Waals surface area contributed by atoms with Gasteiger partial charge in [0.05, 0.1) is 18.8 Å². The molecule has 0 spiro atoms. The van der Waals surface area contributed by atoms with Crippen LogP contribution in [0.2, 0.25) is 0 Å². The van der Waals surface area contributed by atoms with E-state index in [2.05, 4.69) is 41.4 Å². The fourth-order valence-corrected chi connectivity index (χ4v) is 2.48. The molecule has 0 aliphatic rings. The second kappa shape index (κ2) is 5.00. The van der Waals surface area contributed by atoms with E-state index in [9.17, 15) is 0 Å². The number of benzene rings is 1. The number of hydrogen-bond donors (Lipinski definition) is 0. The highest BCUT2D eigenvalue weighted by Crippen LogP contribution is 2.31. The van der Waals surface area contributed by atoms with Crippen molar-refractivity contribution in [3.63, 3.8) is 0 Å². The van der Waals surface area contributed by atoms with Crippen LogP contribution in [0, 0.1) is 0 Å². The van der Waals surface area contributed by atoms with E-state index in [-0.39, 0.29) is 0 Å². The molecular weight excluding hydrogens is 248 g/mol. The summed E-state index contributed by atoms with van der Waals surface area (Å²) in [4.78, 5) is 4.54. The maximum absolute atomic E-state index is 5.44. The Kier molecular flexibility index (Phi) is 3.18. The van der Waals surface area contributed by atoms with Crippen LogP contribution in [0.1, 0.15) is 25.3 Å². The molecule has 0 bridgehead atoms. The van der Waals surface area contributed by atoms with Crippen LogP contribution in [-0.2, 0) is 0 Å². The minimum absolute atomic E-state index is 0.413. The van der Waals surface area contributed by atoms with E-state index in [1.54, 1.807) is 7.11 Å². The topological polar surface area (TPSA) is 26.5 Å². The van der Waals surface area contributed by atoms with E-state index >= 15 is 0 Å². The van der Waals surface area contributed by atoms with E-state index in [1.807, 2.05) is 30.6 Å². The molecule has 3 aromatic rings. The molecule has 0 atom stereocenters. The van der Waals surface area contributed by atoms with Gasteiger partial charge in [-0.2, -0.15) is 0 Å². The van der Waals surface area contributed by atoms with Crippen molar-refractivity contribution in [2.75, 3.05) is 7.11 Å². The number of imidazole rings is 1. The predicted molar refractivity (Wildman–Crippen MR) is 81.3 cm³/mol. The molecule has 3 nitrogen and oxygen atoms in total. The van der Waals surface area contributed by atoms with Crippen LogP contribution in [-0.4, -0.2) is 16.5 Å². The maximum Gasteiger partial charge on any atom is 0.144 e. The van der Waals surface area contributed by atoms with Gasteiger partial charge >= 0.3 is 0 Å². The third-order valence-corrected chi connectivity index (χ3v) is 3.55. The number of ether oxygens (including phenoxy) is 1. The highest BCUT2D eigenvalue weighted by atomic mass is 16.5. The molecule has 0 saturated heterocycles. The third kappa shape index (κ3) is 2.05. The van der Waals surface area contributed by atoms with Crippen molar-refractivity contribution >= 4 is 5.52 Å². The van der Waals surface area contributed by atoms with E-state index in [0.717, 1.165) is 22.7 Å². The zero-order valence-corrected chi connectivity index (χ0v) is 12.0. The van der Waals surface area contributed by atoms with Crippen LogP contribution < -0.4 is 4.74 Å². The van der Waals surface area contributed by atoms with Crippen molar-refractivity contribution in [2.24, 2.45) is 0 Å². The third-order valence-electron chi connectivity index (χ3n) is 3.55. The summed E-state index contributed by atoms with van der Waals surface area (Å²) >= 11 is 0. The largest absolute Gasteiger partial charge is 0.496 e. The first-order valence-electron chi connectivity index (χ1n) is 6.81. The van der Waals surface area contributed by atoms with Gasteiger partial charge in [0.15, 0.2) is 0 Å². The van der Waals surface area contributed by atoms with Gasteiger partial charge in [-0.1, -0.05) is 19.9 Å². The van der Waals surface area contributed by atoms with Crippen LogP contribution >= 0.6 is 0 Å². The second-order valence-corrected chi connectivity index (χ2v) is 5.19. The molecular formula is C17H18N2O. The summed E-state index contributed by atoms with van der Waals surface area (Å²) in [5, 5.41) is 0. The molecule has 0 fully saturated rings. The first kappa shape index (κ1) is 12.7. The van der Waals surface area contributed by atoms with Crippen molar-refractivity contribution in [2.45, 2.75) is 19.8 Å². The van der Waals surface area contributed by atoms with E-state index in [0.29, 0.717) is 5.92 Å². The average Bonchev–Trinajstić information content (AvgIpc) is 2.90. The summed E-state index contributed by atoms with van der Waals surface area (Å²) < 4.78 is 7.54. The van der Waals surface area contributed by atoms with Crippen LogP contribution in [0.5, 0.6) is 5.75 Å². The minimum atomic E-state index is 0.413. The molecule has 0 aliphatic heterocycles. The molecule has 0 saturated carbocycles. The molecule has 2 heterocycles. The smallest absolute Gasteiger partial charge is 0.144 e. The Hall–Kier alpha value is -2.29. The number of methoxy groups -OCH3 is 1. The Morgan fingerprint density at radius 3 is 2.75 bits per heavy atom. The number of fused-ring (bicyclic) bond motifs is 1. The highest BCUT2D eigenvalue weighted by molar-refractivity contribution is 5.64. The molecule has 0 radical (unpaired) electrons. The molecule has 102 valence electrons. The van der Waals surface area contributed by atoms with E-state index in [4.69, 9.17) is 4.74 Å². The van der Waals surface area contributed by atoms with Crippen LogP contribution in [0.4, 0.5) is 0 Å². The molecule has 2 aromatic heterocycles. The summed E-state index contributed by atoms with van der Waals surface area (Å²) in [5.74, 6) is 2.31. The fourth-order valence-electron chi connectivity index (χ4n) is 2.48. The first-order valence-corrected chi connectivity index (χ1v) is 6.81. The van der Waals surface area contributed by atoms with Crippen molar-refractivity contribution < 1.29 is 4.74 Å². The Bertz CT molecular complexity index is 744. The van der Waals surface area contributed by atoms with Gasteiger partial charge < -0.3 is 4.74 Å². The lowest BCUT2D eigenvalue weighted by Crippen LogP contribution is -1.96. The molecule has 3 rings (SSSR count). The van der Waals surface area contributed by atoms with Gasteiger partial charge in [0.2, 0.25) is 0 Å². The van der Waals surface area contributed by atoms with Gasteiger partial charge in [-0.05, 0) is 41.8 Å². The summed E-state index contributed by atoms with van der Waals surface area (Å²) in [5.41, 5.74) is 3.42. The Morgan fingerprint density at radius 1 is 1.15 bits per heavy atom. The molecule has 0 aliphatic carbocycles. The predicted octanol–water partition coefficient (Wildman–Crippen LogP) is 4.13. The molecule has 0 N–H and O–H groups in total. The SMILES string of the molecule is COc1ccc(-c2ncc3ccccn23)cc1C(C)C. The van der Waals surface area contributed by atoms with Gasteiger partial charge in [0.1, 0.15) is 11.6 Å². The number of nitrogens with zero attached hydrogens (tertiary/aromatic N) is 2. The van der Waals surface area contributed by atoms with Crippen LogP contribution in [0.3, 0.4) is 0 Å². The minimum Gasteiger partial charge on any atom is -0.496 e. The van der Waals surface area contributed by atoms with Gasteiger partial charge in [0.25, 0.3) is 0 Å². The van der Waals surface area contributed by atoms with Crippen molar-refractivity contribution in [3.05, 3.63) is 54.4 Å². The van der Waals surface area contributed by atoms with Crippen molar-refractivity contribution in [1.82, 2.24) is 9.38 Å². The fraction of sp³-hybridized carbons (Fsp3) is 0.235. The number of aromatic nitrogens is 2.